The number of ether oxygens (including phenoxy) is 2. The van der Waals surface area contributed by atoms with Crippen molar-refractivity contribution in [2.24, 2.45) is 0 Å². The van der Waals surface area contributed by atoms with Crippen molar-refractivity contribution in [3.8, 4) is 11.5 Å². The summed E-state index contributed by atoms with van der Waals surface area (Å²) in [6.07, 6.45) is -1.33. The number of methoxy groups -OCH3 is 2. The van der Waals surface area contributed by atoms with Crippen molar-refractivity contribution in [2.75, 3.05) is 14.2 Å². The molecule has 0 saturated heterocycles. The lowest BCUT2D eigenvalue weighted by molar-refractivity contribution is 0.208. The van der Waals surface area contributed by atoms with E-state index in [1.54, 1.807) is 0 Å². The summed E-state index contributed by atoms with van der Waals surface area (Å²) < 4.78 is 37.3. The molecule has 0 fully saturated rings. The second-order valence-electron chi connectivity index (χ2n) is 4.15. The van der Waals surface area contributed by atoms with Gasteiger partial charge in [-0.15, -0.1) is 0 Å². The smallest absolute Gasteiger partial charge is 0.165 e. The lowest BCUT2D eigenvalue weighted by Crippen LogP contribution is -2.06. The fraction of sp³-hybridized carbons (Fsp3) is 0.200. The van der Waals surface area contributed by atoms with Gasteiger partial charge >= 0.3 is 0 Å². The zero-order valence-corrected chi connectivity index (χ0v) is 11.1. The van der Waals surface area contributed by atoms with Crippen LogP contribution in [0.3, 0.4) is 0 Å². The molecule has 0 saturated carbocycles. The zero-order valence-electron chi connectivity index (χ0n) is 11.1. The molecule has 0 aliphatic carbocycles. The number of benzene rings is 2. The molecule has 0 bridgehead atoms. The summed E-state index contributed by atoms with van der Waals surface area (Å²) in [6, 6.07) is 8.16. The highest BCUT2D eigenvalue weighted by molar-refractivity contribution is 5.42. The Bertz CT molecular complexity index is 614. The number of aliphatic hydroxyl groups is 1. The molecule has 0 spiro atoms. The second kappa shape index (κ2) is 5.88. The van der Waals surface area contributed by atoms with E-state index < -0.39 is 17.7 Å². The van der Waals surface area contributed by atoms with Gasteiger partial charge in [0.15, 0.2) is 11.6 Å². The lowest BCUT2D eigenvalue weighted by atomic mass is 10.00. The van der Waals surface area contributed by atoms with Crippen molar-refractivity contribution in [3.05, 3.63) is 59.2 Å². The van der Waals surface area contributed by atoms with Crippen LogP contribution in [-0.2, 0) is 0 Å². The predicted molar refractivity (Wildman–Crippen MR) is 70.0 cm³/mol. The van der Waals surface area contributed by atoms with Gasteiger partial charge in [0, 0.05) is 0 Å². The maximum atomic E-state index is 13.9. The van der Waals surface area contributed by atoms with Crippen LogP contribution in [0, 0.1) is 11.6 Å². The highest BCUT2D eigenvalue weighted by atomic mass is 19.1. The number of rotatable bonds is 4. The third-order valence-corrected chi connectivity index (χ3v) is 3.00. The zero-order chi connectivity index (χ0) is 14.7. The first-order valence-corrected chi connectivity index (χ1v) is 5.92. The third kappa shape index (κ3) is 2.58. The van der Waals surface area contributed by atoms with Crippen LogP contribution in [-0.4, -0.2) is 19.3 Å². The molecule has 0 aliphatic rings. The van der Waals surface area contributed by atoms with Crippen LogP contribution in [0.4, 0.5) is 8.78 Å². The molecule has 0 heterocycles. The first kappa shape index (κ1) is 14.3. The molecule has 2 aromatic rings. The molecule has 0 aliphatic heterocycles. The maximum Gasteiger partial charge on any atom is 0.165 e. The molecule has 20 heavy (non-hydrogen) atoms. The molecule has 106 valence electrons. The van der Waals surface area contributed by atoms with Crippen molar-refractivity contribution in [1.82, 2.24) is 0 Å². The molecule has 3 nitrogen and oxygen atoms in total. The molecule has 2 rings (SSSR count). The Labute approximate surface area is 115 Å². The van der Waals surface area contributed by atoms with E-state index in [1.807, 2.05) is 0 Å². The van der Waals surface area contributed by atoms with Gasteiger partial charge in [0.25, 0.3) is 0 Å². The van der Waals surface area contributed by atoms with E-state index in [0.29, 0.717) is 0 Å². The average molecular weight is 280 g/mol. The molecular formula is C15H14F2O3. The number of aliphatic hydroxyl groups excluding tert-OH is 1. The fourth-order valence-electron chi connectivity index (χ4n) is 1.98. The van der Waals surface area contributed by atoms with Gasteiger partial charge in [-0.25, -0.2) is 8.78 Å². The molecule has 0 aromatic heterocycles. The second-order valence-corrected chi connectivity index (χ2v) is 4.15. The summed E-state index contributed by atoms with van der Waals surface area (Å²) in [7, 11) is 2.72. The molecule has 5 heteroatoms. The van der Waals surface area contributed by atoms with Crippen molar-refractivity contribution < 1.29 is 23.4 Å². The first-order valence-electron chi connectivity index (χ1n) is 5.92. The van der Waals surface area contributed by atoms with E-state index in [9.17, 15) is 13.9 Å². The van der Waals surface area contributed by atoms with Gasteiger partial charge in [-0.2, -0.15) is 0 Å². The highest BCUT2D eigenvalue weighted by Crippen LogP contribution is 2.33. The standard InChI is InChI=1S/C15H14F2O3/c1-19-12-7-6-9(8-11(12)17)15(18)14-10(16)4-3-5-13(14)20-2/h3-8,15,18H,1-2H3. The Balaban J connectivity index is 2.46. The fourth-order valence-corrected chi connectivity index (χ4v) is 1.98. The largest absolute Gasteiger partial charge is 0.496 e. The molecule has 1 N–H and O–H groups in total. The van der Waals surface area contributed by atoms with Crippen LogP contribution in [0.1, 0.15) is 17.2 Å². The van der Waals surface area contributed by atoms with Crippen LogP contribution in [0.15, 0.2) is 36.4 Å². The molecule has 1 atom stereocenters. The minimum atomic E-state index is -1.33. The Morgan fingerprint density at radius 1 is 0.950 bits per heavy atom. The number of halogens is 2. The van der Waals surface area contributed by atoms with Crippen LogP contribution >= 0.6 is 0 Å². The third-order valence-electron chi connectivity index (χ3n) is 3.00. The summed E-state index contributed by atoms with van der Waals surface area (Å²) in [4.78, 5) is 0. The first-order chi connectivity index (χ1) is 9.58. The van der Waals surface area contributed by atoms with Gasteiger partial charge in [0.1, 0.15) is 17.7 Å². The van der Waals surface area contributed by atoms with Crippen molar-refractivity contribution in [3.63, 3.8) is 0 Å². The Kier molecular flexibility index (Phi) is 4.20. The molecule has 0 amide bonds. The van der Waals surface area contributed by atoms with E-state index in [-0.39, 0.29) is 22.6 Å². The van der Waals surface area contributed by atoms with Crippen molar-refractivity contribution >= 4 is 0 Å². The average Bonchev–Trinajstić information content (AvgIpc) is 2.46. The van der Waals surface area contributed by atoms with E-state index in [2.05, 4.69) is 0 Å². The lowest BCUT2D eigenvalue weighted by Gasteiger charge is -2.16. The molecule has 1 unspecified atom stereocenters. The van der Waals surface area contributed by atoms with Crippen LogP contribution in [0.5, 0.6) is 11.5 Å². The summed E-state index contributed by atoms with van der Waals surface area (Å²) in [5.41, 5.74) is 0.186. The molecule has 2 aromatic carbocycles. The minimum absolute atomic E-state index is 0.0282. The van der Waals surface area contributed by atoms with Crippen molar-refractivity contribution in [1.29, 1.82) is 0 Å². The minimum Gasteiger partial charge on any atom is -0.496 e. The predicted octanol–water partition coefficient (Wildman–Crippen LogP) is 3.06. The SMILES string of the molecule is COc1ccc(C(O)c2c(F)cccc2OC)cc1F. The van der Waals surface area contributed by atoms with E-state index >= 15 is 0 Å². The summed E-state index contributed by atoms with van der Waals surface area (Å²) >= 11 is 0. The molecule has 0 radical (unpaired) electrons. The summed E-state index contributed by atoms with van der Waals surface area (Å²) in [5, 5.41) is 10.2. The Morgan fingerprint density at radius 3 is 2.25 bits per heavy atom. The summed E-state index contributed by atoms with van der Waals surface area (Å²) in [5.74, 6) is -0.984. The van der Waals surface area contributed by atoms with Gasteiger partial charge in [0.05, 0.1) is 19.8 Å². The number of hydrogen-bond donors (Lipinski definition) is 1. The Hall–Kier alpha value is -2.14. The van der Waals surface area contributed by atoms with Crippen LogP contribution < -0.4 is 9.47 Å². The maximum absolute atomic E-state index is 13.9. The highest BCUT2D eigenvalue weighted by Gasteiger charge is 2.21. The normalized spacial score (nSPS) is 12.1. The van der Waals surface area contributed by atoms with Crippen molar-refractivity contribution in [2.45, 2.75) is 6.10 Å². The van der Waals surface area contributed by atoms with Crippen LogP contribution in [0.2, 0.25) is 0 Å². The van der Waals surface area contributed by atoms with Gasteiger partial charge in [0.2, 0.25) is 0 Å². The van der Waals surface area contributed by atoms with E-state index in [1.165, 1.54) is 44.6 Å². The molecular weight excluding hydrogens is 266 g/mol. The monoisotopic (exact) mass is 280 g/mol. The van der Waals surface area contributed by atoms with E-state index in [0.717, 1.165) is 6.07 Å². The van der Waals surface area contributed by atoms with Gasteiger partial charge in [-0.1, -0.05) is 12.1 Å². The van der Waals surface area contributed by atoms with Gasteiger partial charge < -0.3 is 14.6 Å². The number of hydrogen-bond acceptors (Lipinski definition) is 3. The van der Waals surface area contributed by atoms with Gasteiger partial charge in [-0.05, 0) is 29.8 Å². The topological polar surface area (TPSA) is 38.7 Å². The van der Waals surface area contributed by atoms with E-state index in [4.69, 9.17) is 9.47 Å². The quantitative estimate of drug-likeness (QED) is 0.935. The summed E-state index contributed by atoms with van der Waals surface area (Å²) in [6.45, 7) is 0. The van der Waals surface area contributed by atoms with Crippen LogP contribution in [0.25, 0.3) is 0 Å². The van der Waals surface area contributed by atoms with Gasteiger partial charge in [-0.3, -0.25) is 0 Å². The Morgan fingerprint density at radius 2 is 1.65 bits per heavy atom.